The first-order chi connectivity index (χ1) is 22.3. The molecule has 0 saturated carbocycles. The molecule has 4 atom stereocenters. The van der Waals surface area contributed by atoms with Gasteiger partial charge in [0.1, 0.15) is 11.9 Å². The Morgan fingerprint density at radius 3 is 2.91 bits per heavy atom. The predicted molar refractivity (Wildman–Crippen MR) is 177 cm³/mol. The number of nitrogens with zero attached hydrogens (tertiary/aromatic N) is 2. The predicted octanol–water partition coefficient (Wildman–Crippen LogP) is 4.25. The fourth-order valence-corrected chi connectivity index (χ4v) is 6.79. The zero-order valence-corrected chi connectivity index (χ0v) is 26.5. The van der Waals surface area contributed by atoms with E-state index in [9.17, 15) is 20.1 Å². The van der Waals surface area contributed by atoms with E-state index in [4.69, 9.17) is 15.5 Å². The molecule has 9 nitrogen and oxygen atoms in total. The average molecular weight is 625 g/mol. The molecule has 6 N–H and O–H groups in total. The number of allylic oxidation sites excluding steroid dienone is 1. The van der Waals surface area contributed by atoms with E-state index in [1.165, 1.54) is 5.56 Å². The molecule has 0 aliphatic carbocycles. The molecule has 0 amide bonds. The second-order valence-corrected chi connectivity index (χ2v) is 12.7. The standard InChI is InChI=1S/C37H44N4O5/c1-2-3-4-6-25(42)19-26(43)11-9-23-10-14-34(45)35(17-23)46-36-8-5-7-33(44)28-12-13-29-27(15-16-39-37(29)38)30(28)18-24-20-40-32-22-41(36)21-31(24)32/h10,12-14,17,20-21,25,33,36-37,39,42,44-45H,2-4,6,8-9,11,15-16,18-19,22,38H2,1H3. The topological polar surface area (TPSA) is 141 Å². The van der Waals surface area contributed by atoms with E-state index in [2.05, 4.69) is 30.3 Å². The summed E-state index contributed by atoms with van der Waals surface area (Å²) in [6.45, 7) is 3.42. The summed E-state index contributed by atoms with van der Waals surface area (Å²) in [5.41, 5.74) is 14.4. The zero-order valence-electron chi connectivity index (χ0n) is 26.5. The molecule has 0 saturated heterocycles. The molecule has 0 fully saturated rings. The lowest BCUT2D eigenvalue weighted by Crippen LogP contribution is -2.36. The number of carbonyl (C=O) groups is 1. The van der Waals surface area contributed by atoms with Crippen LogP contribution in [-0.4, -0.2) is 57.1 Å². The van der Waals surface area contributed by atoms with Gasteiger partial charge in [-0.1, -0.05) is 56.2 Å². The van der Waals surface area contributed by atoms with Crippen molar-refractivity contribution in [2.24, 2.45) is 10.7 Å². The Hall–Kier alpha value is -3.94. The molecule has 2 aromatic carbocycles. The normalized spacial score (nSPS) is 22.2. The molecule has 4 unspecified atom stereocenters. The van der Waals surface area contributed by atoms with Gasteiger partial charge in [-0.2, -0.15) is 0 Å². The van der Waals surface area contributed by atoms with Crippen LogP contribution < -0.4 is 15.8 Å². The van der Waals surface area contributed by atoms with Crippen molar-refractivity contribution in [3.63, 3.8) is 0 Å². The number of ketones is 1. The number of aliphatic hydroxyl groups is 2. The molecular weight excluding hydrogens is 580 g/mol. The van der Waals surface area contributed by atoms with Gasteiger partial charge in [0.25, 0.3) is 0 Å². The highest BCUT2D eigenvalue weighted by atomic mass is 16.5. The number of aliphatic imine (C=N–C) groups is 1. The number of aryl methyl sites for hydroxylation is 1. The second-order valence-electron chi connectivity index (χ2n) is 12.7. The molecule has 4 aliphatic rings. The van der Waals surface area contributed by atoms with Crippen LogP contribution in [0.5, 0.6) is 11.5 Å². The number of nitrogens with one attached hydrogen (secondary N) is 1. The van der Waals surface area contributed by atoms with Crippen molar-refractivity contribution in [1.82, 2.24) is 10.2 Å². The lowest BCUT2D eigenvalue weighted by atomic mass is 9.84. The molecule has 2 bridgehead atoms. The minimum absolute atomic E-state index is 0.00287. The number of ether oxygens (including phenoxy) is 1. The Kier molecular flexibility index (Phi) is 9.90. The van der Waals surface area contributed by atoms with Gasteiger partial charge in [-0.3, -0.25) is 15.1 Å². The third-order valence-electron chi connectivity index (χ3n) is 9.37. The van der Waals surface area contributed by atoms with Crippen LogP contribution >= 0.6 is 0 Å². The Balaban J connectivity index is 1.20. The SMILES string of the molecule is CCCCCC(O)CC(=O)CCc1ccc(O)c(OC2CC#CC(O)c3ccc4c(c3CC3=CN=C5CN2C=C35)CCNC4N)c1. The maximum Gasteiger partial charge on any atom is 0.183 e. The largest absolute Gasteiger partial charge is 0.504 e. The number of benzene rings is 2. The molecule has 0 aromatic heterocycles. The summed E-state index contributed by atoms with van der Waals surface area (Å²) in [7, 11) is 0. The van der Waals surface area contributed by atoms with Crippen LogP contribution in [0.2, 0.25) is 0 Å². The number of hydrogen-bond acceptors (Lipinski definition) is 9. The van der Waals surface area contributed by atoms with Gasteiger partial charge >= 0.3 is 0 Å². The van der Waals surface area contributed by atoms with Gasteiger partial charge in [0, 0.05) is 43.8 Å². The van der Waals surface area contributed by atoms with Crippen LogP contribution in [0.1, 0.15) is 92.0 Å². The highest BCUT2D eigenvalue weighted by Crippen LogP contribution is 2.37. The van der Waals surface area contributed by atoms with E-state index >= 15 is 0 Å². The van der Waals surface area contributed by atoms with Crippen LogP contribution in [0.3, 0.4) is 0 Å². The smallest absolute Gasteiger partial charge is 0.183 e. The number of Topliss-reactive ketones (excluding diaryl/α,β-unsaturated/α-hetero) is 1. The lowest BCUT2D eigenvalue weighted by molar-refractivity contribution is -0.121. The average Bonchev–Trinajstić information content (AvgIpc) is 3.62. The van der Waals surface area contributed by atoms with Crippen LogP contribution in [0.25, 0.3) is 0 Å². The highest BCUT2D eigenvalue weighted by molar-refractivity contribution is 6.09. The van der Waals surface area contributed by atoms with Gasteiger partial charge in [-0.25, -0.2) is 0 Å². The molecule has 9 heteroatoms. The van der Waals surface area contributed by atoms with Gasteiger partial charge < -0.3 is 30.7 Å². The fourth-order valence-electron chi connectivity index (χ4n) is 6.79. The van der Waals surface area contributed by atoms with Gasteiger partial charge in [0.05, 0.1) is 30.9 Å². The van der Waals surface area contributed by atoms with Crippen LogP contribution in [0, 0.1) is 11.8 Å². The van der Waals surface area contributed by atoms with Crippen molar-refractivity contribution < 1.29 is 24.9 Å². The molecule has 0 radical (unpaired) electrons. The maximum atomic E-state index is 12.5. The molecule has 46 heavy (non-hydrogen) atoms. The van der Waals surface area contributed by atoms with Gasteiger partial charge in [0.2, 0.25) is 0 Å². The third-order valence-corrected chi connectivity index (χ3v) is 9.37. The van der Waals surface area contributed by atoms with E-state index in [1.54, 1.807) is 18.2 Å². The molecule has 4 aliphatic heterocycles. The Morgan fingerprint density at radius 1 is 1.22 bits per heavy atom. The quantitative estimate of drug-likeness (QED) is 0.185. The summed E-state index contributed by atoms with van der Waals surface area (Å²) in [5, 5.41) is 35.5. The van der Waals surface area contributed by atoms with Gasteiger partial charge in [-0.05, 0) is 64.8 Å². The third kappa shape index (κ3) is 7.06. The monoisotopic (exact) mass is 624 g/mol. The summed E-state index contributed by atoms with van der Waals surface area (Å²) >= 11 is 0. The van der Waals surface area contributed by atoms with Crippen molar-refractivity contribution in [2.75, 3.05) is 13.1 Å². The molecule has 4 heterocycles. The Morgan fingerprint density at radius 2 is 2.07 bits per heavy atom. The van der Waals surface area contributed by atoms with Crippen molar-refractivity contribution >= 4 is 11.5 Å². The van der Waals surface area contributed by atoms with Crippen molar-refractivity contribution in [3.05, 3.63) is 81.7 Å². The van der Waals surface area contributed by atoms with Crippen LogP contribution in [0.15, 0.2) is 58.9 Å². The second kappa shape index (κ2) is 14.2. The molecular formula is C37H44N4O5. The van der Waals surface area contributed by atoms with E-state index < -0.39 is 18.4 Å². The Bertz CT molecular complexity index is 1630. The number of unbranched alkanes of at least 4 members (excludes halogenated alkanes) is 2. The molecule has 242 valence electrons. The number of aliphatic hydroxyl groups excluding tert-OH is 2. The minimum Gasteiger partial charge on any atom is -0.504 e. The summed E-state index contributed by atoms with van der Waals surface area (Å²) < 4.78 is 6.41. The summed E-state index contributed by atoms with van der Waals surface area (Å²) in [6, 6.07) is 9.07. The number of fused-ring (bicyclic) bond motifs is 4. The highest BCUT2D eigenvalue weighted by Gasteiger charge is 2.33. The van der Waals surface area contributed by atoms with Crippen LogP contribution in [-0.2, 0) is 24.1 Å². The number of phenolic OH excluding ortho intramolecular Hbond substituents is 1. The summed E-state index contributed by atoms with van der Waals surface area (Å²) in [5.74, 6) is 6.52. The summed E-state index contributed by atoms with van der Waals surface area (Å²) in [6.07, 6.45) is 8.00. The first-order valence-corrected chi connectivity index (χ1v) is 16.5. The van der Waals surface area contributed by atoms with E-state index in [1.807, 2.05) is 23.2 Å². The van der Waals surface area contributed by atoms with Gasteiger partial charge in [-0.15, -0.1) is 0 Å². The minimum atomic E-state index is -0.977. The number of phenols is 1. The van der Waals surface area contributed by atoms with Crippen LogP contribution in [0.4, 0.5) is 0 Å². The molecule has 6 rings (SSSR count). The van der Waals surface area contributed by atoms with Crippen molar-refractivity contribution in [3.8, 4) is 23.3 Å². The van der Waals surface area contributed by atoms with Gasteiger partial charge in [0.15, 0.2) is 17.7 Å². The molecule has 0 spiro atoms. The number of aromatic hydroxyl groups is 1. The number of carbonyl (C=O) groups excluding carboxylic acids is 1. The first-order valence-electron chi connectivity index (χ1n) is 16.5. The number of hydrogen-bond donors (Lipinski definition) is 5. The molecule has 2 aromatic rings. The van der Waals surface area contributed by atoms with E-state index in [-0.39, 0.29) is 30.5 Å². The lowest BCUT2D eigenvalue weighted by Gasteiger charge is -2.29. The van der Waals surface area contributed by atoms with Crippen molar-refractivity contribution in [1.29, 1.82) is 0 Å². The number of rotatable bonds is 11. The van der Waals surface area contributed by atoms with E-state index in [0.29, 0.717) is 38.0 Å². The van der Waals surface area contributed by atoms with Crippen molar-refractivity contribution in [2.45, 2.75) is 95.7 Å². The number of nitrogens with two attached hydrogens (primary N) is 1. The maximum absolute atomic E-state index is 12.5. The zero-order chi connectivity index (χ0) is 32.2. The Labute approximate surface area is 270 Å². The first kappa shape index (κ1) is 32.0. The van der Waals surface area contributed by atoms with E-state index in [0.717, 1.165) is 71.3 Å². The fraction of sp³-hybridized carbons (Fsp3) is 0.459. The summed E-state index contributed by atoms with van der Waals surface area (Å²) in [4.78, 5) is 19.3.